The van der Waals surface area contributed by atoms with Gasteiger partial charge >= 0.3 is 0 Å². The molecule has 1 fully saturated rings. The largest absolute Gasteiger partial charge is 0.339 e. The zero-order valence-electron chi connectivity index (χ0n) is 12.0. The molecule has 21 heavy (non-hydrogen) atoms. The lowest BCUT2D eigenvalue weighted by Gasteiger charge is -2.34. The van der Waals surface area contributed by atoms with Crippen LogP contribution < -0.4 is 0 Å². The van der Waals surface area contributed by atoms with Gasteiger partial charge in [-0.1, -0.05) is 22.9 Å². The van der Waals surface area contributed by atoms with Crippen LogP contribution in [0.2, 0.25) is 0 Å². The van der Waals surface area contributed by atoms with Crippen molar-refractivity contribution in [2.45, 2.75) is 18.2 Å². The quantitative estimate of drug-likeness (QED) is 0.764. The number of carbonyl (C=O) groups is 2. The standard InChI is InChI=1S/C15H19BrN2O2S/c1-2-14(19)17-7-9-18(10-8-17)15(20)11-21-13-5-3-12(16)4-6-13/h3-6H,2,7-11H2,1H3. The maximum atomic E-state index is 12.2. The van der Waals surface area contributed by atoms with Crippen molar-refractivity contribution in [2.75, 3.05) is 31.9 Å². The van der Waals surface area contributed by atoms with Crippen LogP contribution in [0, 0.1) is 0 Å². The summed E-state index contributed by atoms with van der Waals surface area (Å²) in [7, 11) is 0. The van der Waals surface area contributed by atoms with Crippen LogP contribution in [0.4, 0.5) is 0 Å². The molecule has 0 aromatic heterocycles. The zero-order valence-corrected chi connectivity index (χ0v) is 14.5. The van der Waals surface area contributed by atoms with Gasteiger partial charge in [0, 0.05) is 42.0 Å². The highest BCUT2D eigenvalue weighted by Crippen LogP contribution is 2.21. The van der Waals surface area contributed by atoms with E-state index in [1.807, 2.05) is 41.0 Å². The molecule has 1 aromatic rings. The predicted octanol–water partition coefficient (Wildman–Crippen LogP) is 2.62. The fraction of sp³-hybridized carbons (Fsp3) is 0.467. The SMILES string of the molecule is CCC(=O)N1CCN(C(=O)CSc2ccc(Br)cc2)CC1. The molecule has 2 amide bonds. The maximum Gasteiger partial charge on any atom is 0.233 e. The molecule has 1 saturated heterocycles. The molecule has 0 spiro atoms. The second kappa shape index (κ2) is 7.84. The first-order valence-corrected chi connectivity index (χ1v) is 8.82. The van der Waals surface area contributed by atoms with E-state index in [0.29, 0.717) is 38.4 Å². The van der Waals surface area contributed by atoms with Crippen LogP contribution in [0.3, 0.4) is 0 Å². The highest BCUT2D eigenvalue weighted by atomic mass is 79.9. The minimum Gasteiger partial charge on any atom is -0.339 e. The van der Waals surface area contributed by atoms with E-state index < -0.39 is 0 Å². The summed E-state index contributed by atoms with van der Waals surface area (Å²) in [5.41, 5.74) is 0. The van der Waals surface area contributed by atoms with Gasteiger partial charge < -0.3 is 9.80 Å². The number of carbonyl (C=O) groups excluding carboxylic acids is 2. The Balaban J connectivity index is 1.77. The van der Waals surface area contributed by atoms with Gasteiger partial charge in [0.25, 0.3) is 0 Å². The van der Waals surface area contributed by atoms with Crippen LogP contribution in [0.15, 0.2) is 33.6 Å². The number of benzene rings is 1. The summed E-state index contributed by atoms with van der Waals surface area (Å²) in [6.07, 6.45) is 0.535. The van der Waals surface area contributed by atoms with Crippen molar-refractivity contribution in [3.63, 3.8) is 0 Å². The molecule has 0 saturated carbocycles. The third-order valence-corrected chi connectivity index (χ3v) is 4.99. The molecule has 0 atom stereocenters. The van der Waals surface area contributed by atoms with E-state index in [-0.39, 0.29) is 11.8 Å². The summed E-state index contributed by atoms with van der Waals surface area (Å²) in [5, 5.41) is 0. The molecule has 0 aliphatic carbocycles. The summed E-state index contributed by atoms with van der Waals surface area (Å²) in [6.45, 7) is 4.47. The Kier molecular flexibility index (Phi) is 6.11. The molecule has 1 heterocycles. The van der Waals surface area contributed by atoms with Crippen molar-refractivity contribution in [1.82, 2.24) is 9.80 Å². The van der Waals surface area contributed by atoms with Crippen LogP contribution in [0.5, 0.6) is 0 Å². The number of halogens is 1. The number of hydrogen-bond acceptors (Lipinski definition) is 3. The van der Waals surface area contributed by atoms with E-state index >= 15 is 0 Å². The topological polar surface area (TPSA) is 40.6 Å². The molecule has 0 radical (unpaired) electrons. The van der Waals surface area contributed by atoms with Crippen LogP contribution >= 0.6 is 27.7 Å². The average molecular weight is 371 g/mol. The second-order valence-corrected chi connectivity index (χ2v) is 6.82. The first kappa shape index (κ1) is 16.4. The molecule has 1 aromatic carbocycles. The molecule has 4 nitrogen and oxygen atoms in total. The Morgan fingerprint density at radius 3 is 2.10 bits per heavy atom. The highest BCUT2D eigenvalue weighted by molar-refractivity contribution is 9.10. The van der Waals surface area contributed by atoms with Crippen LogP contribution in [0.25, 0.3) is 0 Å². The Hall–Kier alpha value is -1.01. The molecule has 0 bridgehead atoms. The van der Waals surface area contributed by atoms with Crippen LogP contribution in [-0.2, 0) is 9.59 Å². The van der Waals surface area contributed by atoms with Gasteiger partial charge in [-0.15, -0.1) is 11.8 Å². The van der Waals surface area contributed by atoms with Crippen molar-refractivity contribution < 1.29 is 9.59 Å². The fourth-order valence-corrected chi connectivity index (χ4v) is 3.26. The van der Waals surface area contributed by atoms with Crippen LogP contribution in [-0.4, -0.2) is 53.5 Å². The lowest BCUT2D eigenvalue weighted by molar-refractivity contribution is -0.137. The second-order valence-electron chi connectivity index (χ2n) is 4.86. The lowest BCUT2D eigenvalue weighted by atomic mass is 10.3. The first-order valence-electron chi connectivity index (χ1n) is 7.04. The number of amides is 2. The Labute approximate surface area is 138 Å². The number of piperazine rings is 1. The van der Waals surface area contributed by atoms with E-state index in [1.165, 1.54) is 0 Å². The van der Waals surface area contributed by atoms with Crippen molar-refractivity contribution >= 4 is 39.5 Å². The van der Waals surface area contributed by atoms with E-state index in [2.05, 4.69) is 15.9 Å². The monoisotopic (exact) mass is 370 g/mol. The lowest BCUT2D eigenvalue weighted by Crippen LogP contribution is -2.50. The first-order chi connectivity index (χ1) is 10.1. The van der Waals surface area contributed by atoms with E-state index in [1.54, 1.807) is 11.8 Å². The fourth-order valence-electron chi connectivity index (χ4n) is 2.20. The third-order valence-electron chi connectivity index (χ3n) is 3.46. The molecule has 1 aliphatic rings. The molecule has 1 aliphatic heterocycles. The highest BCUT2D eigenvalue weighted by Gasteiger charge is 2.23. The molecular formula is C15H19BrN2O2S. The van der Waals surface area contributed by atoms with Gasteiger partial charge in [0.2, 0.25) is 11.8 Å². The van der Waals surface area contributed by atoms with Gasteiger partial charge in [-0.2, -0.15) is 0 Å². The molecule has 2 rings (SSSR count). The summed E-state index contributed by atoms with van der Waals surface area (Å²) in [5.74, 6) is 0.765. The molecule has 0 N–H and O–H groups in total. The van der Waals surface area contributed by atoms with Gasteiger partial charge in [-0.3, -0.25) is 9.59 Å². The van der Waals surface area contributed by atoms with Gasteiger partial charge in [0.1, 0.15) is 0 Å². The Morgan fingerprint density at radius 2 is 1.57 bits per heavy atom. The van der Waals surface area contributed by atoms with Gasteiger partial charge in [-0.05, 0) is 24.3 Å². The summed E-state index contributed by atoms with van der Waals surface area (Å²) in [4.78, 5) is 28.6. The van der Waals surface area contributed by atoms with Gasteiger partial charge in [0.15, 0.2) is 0 Å². The normalized spacial score (nSPS) is 15.1. The molecule has 6 heteroatoms. The zero-order chi connectivity index (χ0) is 15.2. The number of thioether (sulfide) groups is 1. The summed E-state index contributed by atoms with van der Waals surface area (Å²) >= 11 is 4.94. The van der Waals surface area contributed by atoms with E-state index in [0.717, 1.165) is 9.37 Å². The smallest absolute Gasteiger partial charge is 0.233 e. The minimum absolute atomic E-state index is 0.145. The van der Waals surface area contributed by atoms with Crippen molar-refractivity contribution in [3.8, 4) is 0 Å². The molecule has 114 valence electrons. The Bertz CT molecular complexity index is 499. The summed E-state index contributed by atoms with van der Waals surface area (Å²) in [6, 6.07) is 7.95. The number of rotatable bonds is 4. The minimum atomic E-state index is 0.145. The Morgan fingerprint density at radius 1 is 1.05 bits per heavy atom. The predicted molar refractivity (Wildman–Crippen MR) is 88.3 cm³/mol. The average Bonchev–Trinajstić information content (AvgIpc) is 2.53. The van der Waals surface area contributed by atoms with Crippen LogP contribution in [0.1, 0.15) is 13.3 Å². The maximum absolute atomic E-state index is 12.2. The molecule has 0 unspecified atom stereocenters. The van der Waals surface area contributed by atoms with Gasteiger partial charge in [0.05, 0.1) is 5.75 Å². The molecular weight excluding hydrogens is 352 g/mol. The number of hydrogen-bond donors (Lipinski definition) is 0. The van der Waals surface area contributed by atoms with E-state index in [9.17, 15) is 9.59 Å². The van der Waals surface area contributed by atoms with E-state index in [4.69, 9.17) is 0 Å². The van der Waals surface area contributed by atoms with Crippen molar-refractivity contribution in [2.24, 2.45) is 0 Å². The summed E-state index contributed by atoms with van der Waals surface area (Å²) < 4.78 is 1.04. The number of nitrogens with zero attached hydrogens (tertiary/aromatic N) is 2. The van der Waals surface area contributed by atoms with Crippen molar-refractivity contribution in [1.29, 1.82) is 0 Å². The third kappa shape index (κ3) is 4.74. The van der Waals surface area contributed by atoms with Crippen molar-refractivity contribution in [3.05, 3.63) is 28.7 Å². The van der Waals surface area contributed by atoms with Gasteiger partial charge in [-0.25, -0.2) is 0 Å².